The lowest BCUT2D eigenvalue weighted by Crippen LogP contribution is -2.38. The third-order valence-corrected chi connectivity index (χ3v) is 4.81. The van der Waals surface area contributed by atoms with E-state index in [9.17, 15) is 13.5 Å². The molecule has 0 aliphatic heterocycles. The summed E-state index contributed by atoms with van der Waals surface area (Å²) < 4.78 is 27.7. The van der Waals surface area contributed by atoms with Crippen molar-refractivity contribution in [1.29, 1.82) is 0 Å². The normalized spacial score (nSPS) is 13.7. The van der Waals surface area contributed by atoms with Crippen LogP contribution in [0.15, 0.2) is 41.6 Å². The van der Waals surface area contributed by atoms with Crippen LogP contribution in [0.4, 0.5) is 0 Å². The van der Waals surface area contributed by atoms with Crippen molar-refractivity contribution in [1.82, 2.24) is 9.71 Å². The number of aliphatic hydroxyl groups is 1. The van der Waals surface area contributed by atoms with Gasteiger partial charge in [-0.25, -0.2) is 13.1 Å². The molecule has 0 bridgehead atoms. The summed E-state index contributed by atoms with van der Waals surface area (Å²) in [5, 5.41) is 10.8. The van der Waals surface area contributed by atoms with Crippen LogP contribution >= 0.6 is 0 Å². The fourth-order valence-electron chi connectivity index (χ4n) is 2.34. The molecule has 0 aliphatic rings. The van der Waals surface area contributed by atoms with Gasteiger partial charge in [0.25, 0.3) is 0 Å². The number of nitrogens with one attached hydrogen (secondary N) is 1. The van der Waals surface area contributed by atoms with E-state index < -0.39 is 16.1 Å². The SMILES string of the molecule is CC(C)CC(CO)NS(=O)(=O)c1cccc2cnccc12. The summed E-state index contributed by atoms with van der Waals surface area (Å²) in [5.41, 5.74) is 0. The molecule has 6 heteroatoms. The predicted octanol–water partition coefficient (Wildman–Crippen LogP) is 1.92. The Kier molecular flexibility index (Phi) is 4.92. The lowest BCUT2D eigenvalue weighted by molar-refractivity contribution is 0.240. The largest absolute Gasteiger partial charge is 0.395 e. The summed E-state index contributed by atoms with van der Waals surface area (Å²) in [6.07, 6.45) is 3.78. The van der Waals surface area contributed by atoms with Crippen molar-refractivity contribution < 1.29 is 13.5 Å². The molecule has 0 spiro atoms. The number of fused-ring (bicyclic) bond motifs is 1. The van der Waals surface area contributed by atoms with Crippen LogP contribution in [0.3, 0.4) is 0 Å². The van der Waals surface area contributed by atoms with Crippen LogP contribution in [0.1, 0.15) is 20.3 Å². The zero-order valence-corrected chi connectivity index (χ0v) is 13.0. The lowest BCUT2D eigenvalue weighted by atomic mass is 10.1. The Morgan fingerprint density at radius 2 is 2.05 bits per heavy atom. The summed E-state index contributed by atoms with van der Waals surface area (Å²) in [7, 11) is -3.68. The molecule has 0 aliphatic carbocycles. The molecule has 21 heavy (non-hydrogen) atoms. The van der Waals surface area contributed by atoms with Crippen LogP contribution < -0.4 is 4.72 Å². The molecule has 0 amide bonds. The summed E-state index contributed by atoms with van der Waals surface area (Å²) in [6.45, 7) is 3.75. The van der Waals surface area contributed by atoms with E-state index >= 15 is 0 Å². The number of sulfonamides is 1. The molecule has 2 N–H and O–H groups in total. The van der Waals surface area contributed by atoms with Crippen molar-refractivity contribution in [3.63, 3.8) is 0 Å². The van der Waals surface area contributed by atoms with Crippen molar-refractivity contribution in [2.75, 3.05) is 6.61 Å². The molecular weight excluding hydrogens is 288 g/mol. The molecule has 2 rings (SSSR count). The van der Waals surface area contributed by atoms with Crippen molar-refractivity contribution in [2.45, 2.75) is 31.2 Å². The zero-order valence-electron chi connectivity index (χ0n) is 12.2. The van der Waals surface area contributed by atoms with Crippen molar-refractivity contribution >= 4 is 20.8 Å². The Morgan fingerprint density at radius 3 is 2.71 bits per heavy atom. The van der Waals surface area contributed by atoms with E-state index in [1.165, 1.54) is 0 Å². The highest BCUT2D eigenvalue weighted by molar-refractivity contribution is 7.89. The van der Waals surface area contributed by atoms with Gasteiger partial charge in [-0.05, 0) is 24.5 Å². The van der Waals surface area contributed by atoms with Gasteiger partial charge in [0.1, 0.15) is 0 Å². The van der Waals surface area contributed by atoms with E-state index in [0.717, 1.165) is 5.39 Å². The standard InChI is InChI=1S/C15H20N2O3S/c1-11(2)8-13(10-18)17-21(19,20)15-5-3-4-12-9-16-7-6-14(12)15/h3-7,9,11,13,17-18H,8,10H2,1-2H3. The highest BCUT2D eigenvalue weighted by Gasteiger charge is 2.22. The number of hydrogen-bond acceptors (Lipinski definition) is 4. The molecular formula is C15H20N2O3S. The molecule has 0 saturated heterocycles. The topological polar surface area (TPSA) is 79.3 Å². The zero-order chi connectivity index (χ0) is 15.5. The minimum Gasteiger partial charge on any atom is -0.395 e. The van der Waals surface area contributed by atoms with Gasteiger partial charge in [0.15, 0.2) is 0 Å². The maximum Gasteiger partial charge on any atom is 0.241 e. The monoisotopic (exact) mass is 308 g/mol. The Bertz CT molecular complexity index is 708. The molecule has 1 aromatic carbocycles. The highest BCUT2D eigenvalue weighted by atomic mass is 32.2. The first-order chi connectivity index (χ1) is 9.94. The second-order valence-electron chi connectivity index (χ2n) is 5.48. The van der Waals surface area contributed by atoms with E-state index in [4.69, 9.17) is 0 Å². The second kappa shape index (κ2) is 6.51. The smallest absolute Gasteiger partial charge is 0.241 e. The van der Waals surface area contributed by atoms with E-state index in [2.05, 4.69) is 9.71 Å². The lowest BCUT2D eigenvalue weighted by Gasteiger charge is -2.19. The maximum absolute atomic E-state index is 12.6. The first-order valence-electron chi connectivity index (χ1n) is 6.90. The molecule has 114 valence electrons. The summed E-state index contributed by atoms with van der Waals surface area (Å²) in [5.74, 6) is 0.293. The van der Waals surface area contributed by atoms with Gasteiger partial charge in [-0.2, -0.15) is 0 Å². The van der Waals surface area contributed by atoms with Crippen LogP contribution in [-0.4, -0.2) is 31.2 Å². The quantitative estimate of drug-likeness (QED) is 0.854. The van der Waals surface area contributed by atoms with E-state index in [0.29, 0.717) is 17.7 Å². The van der Waals surface area contributed by atoms with Gasteiger partial charge in [0, 0.05) is 29.2 Å². The summed E-state index contributed by atoms with van der Waals surface area (Å²) >= 11 is 0. The average molecular weight is 308 g/mol. The highest BCUT2D eigenvalue weighted by Crippen LogP contribution is 2.22. The fourth-order valence-corrected chi connectivity index (χ4v) is 3.81. The van der Waals surface area contributed by atoms with Crippen LogP contribution in [0.5, 0.6) is 0 Å². The average Bonchev–Trinajstić information content (AvgIpc) is 2.45. The molecule has 0 saturated carbocycles. The Balaban J connectivity index is 2.38. The van der Waals surface area contributed by atoms with Crippen LogP contribution in [-0.2, 0) is 10.0 Å². The Hall–Kier alpha value is -1.50. The van der Waals surface area contributed by atoms with Crippen molar-refractivity contribution in [3.8, 4) is 0 Å². The summed E-state index contributed by atoms with van der Waals surface area (Å²) in [4.78, 5) is 4.21. The number of pyridine rings is 1. The molecule has 1 unspecified atom stereocenters. The predicted molar refractivity (Wildman–Crippen MR) is 82.4 cm³/mol. The van der Waals surface area contributed by atoms with Crippen molar-refractivity contribution in [2.24, 2.45) is 5.92 Å². The van der Waals surface area contributed by atoms with E-state index in [-0.39, 0.29) is 11.5 Å². The third-order valence-electron chi connectivity index (χ3n) is 3.23. The molecule has 5 nitrogen and oxygen atoms in total. The van der Waals surface area contributed by atoms with Gasteiger partial charge in [-0.15, -0.1) is 0 Å². The van der Waals surface area contributed by atoms with Crippen molar-refractivity contribution in [3.05, 3.63) is 36.7 Å². The van der Waals surface area contributed by atoms with Crippen LogP contribution in [0.2, 0.25) is 0 Å². The second-order valence-corrected chi connectivity index (χ2v) is 7.17. The number of benzene rings is 1. The van der Waals surface area contributed by atoms with Gasteiger partial charge in [-0.1, -0.05) is 26.0 Å². The maximum atomic E-state index is 12.6. The number of rotatable bonds is 6. The van der Waals surface area contributed by atoms with E-state index in [1.807, 2.05) is 19.9 Å². The fraction of sp³-hybridized carbons (Fsp3) is 0.400. The van der Waals surface area contributed by atoms with Gasteiger partial charge in [0.05, 0.1) is 11.5 Å². The van der Waals surface area contributed by atoms with Gasteiger partial charge in [-0.3, -0.25) is 4.98 Å². The number of aliphatic hydroxyl groups excluding tert-OH is 1. The first-order valence-corrected chi connectivity index (χ1v) is 8.38. The first kappa shape index (κ1) is 15.9. The van der Waals surface area contributed by atoms with Crippen LogP contribution in [0, 0.1) is 5.92 Å². The van der Waals surface area contributed by atoms with E-state index in [1.54, 1.807) is 30.6 Å². The molecule has 1 heterocycles. The Labute approximate surface area is 125 Å². The summed E-state index contributed by atoms with van der Waals surface area (Å²) in [6, 6.07) is 6.27. The van der Waals surface area contributed by atoms with Gasteiger partial charge < -0.3 is 5.11 Å². The number of nitrogens with zero attached hydrogens (tertiary/aromatic N) is 1. The molecule has 0 fully saturated rings. The molecule has 0 radical (unpaired) electrons. The van der Waals surface area contributed by atoms with Gasteiger partial charge >= 0.3 is 0 Å². The van der Waals surface area contributed by atoms with Crippen LogP contribution in [0.25, 0.3) is 10.8 Å². The van der Waals surface area contributed by atoms with Gasteiger partial charge in [0.2, 0.25) is 10.0 Å². The molecule has 1 atom stereocenters. The molecule has 2 aromatic rings. The third kappa shape index (κ3) is 3.78. The number of hydrogen-bond donors (Lipinski definition) is 2. The number of aromatic nitrogens is 1. The minimum absolute atomic E-state index is 0.213. The minimum atomic E-state index is -3.68. The molecule has 1 aromatic heterocycles. The Morgan fingerprint density at radius 1 is 1.29 bits per heavy atom.